The van der Waals surface area contributed by atoms with Gasteiger partial charge in [0.05, 0.1) is 24.1 Å². The van der Waals surface area contributed by atoms with Gasteiger partial charge in [-0.25, -0.2) is 0 Å². The van der Waals surface area contributed by atoms with E-state index >= 15 is 0 Å². The van der Waals surface area contributed by atoms with Crippen LogP contribution in [0, 0.1) is 29.6 Å². The second-order valence-corrected chi connectivity index (χ2v) is 2.82. The SMILES string of the molecule is Cc1cc(N)cc(CC#N)c1C#N. The van der Waals surface area contributed by atoms with Crippen LogP contribution in [0.4, 0.5) is 5.69 Å². The summed E-state index contributed by atoms with van der Waals surface area (Å²) in [6, 6.07) is 7.49. The molecule has 1 aromatic carbocycles. The topological polar surface area (TPSA) is 73.6 Å². The number of benzene rings is 1. The Labute approximate surface area is 77.0 Å². The average Bonchev–Trinajstić information content (AvgIpc) is 2.04. The Morgan fingerprint density at radius 1 is 1.38 bits per heavy atom. The van der Waals surface area contributed by atoms with Crippen molar-refractivity contribution in [2.75, 3.05) is 5.73 Å². The number of aryl methyl sites for hydroxylation is 1. The first kappa shape index (κ1) is 9.09. The maximum absolute atomic E-state index is 8.82. The van der Waals surface area contributed by atoms with Gasteiger partial charge in [0.1, 0.15) is 0 Å². The van der Waals surface area contributed by atoms with Crippen LogP contribution in [-0.4, -0.2) is 0 Å². The fraction of sp³-hybridized carbons (Fsp3) is 0.200. The van der Waals surface area contributed by atoms with Crippen molar-refractivity contribution in [1.29, 1.82) is 10.5 Å². The zero-order valence-corrected chi connectivity index (χ0v) is 7.33. The molecule has 0 amide bonds. The van der Waals surface area contributed by atoms with Gasteiger partial charge in [0, 0.05) is 5.69 Å². The van der Waals surface area contributed by atoms with Gasteiger partial charge in [-0.2, -0.15) is 10.5 Å². The summed E-state index contributed by atoms with van der Waals surface area (Å²) in [7, 11) is 0. The van der Waals surface area contributed by atoms with E-state index in [1.54, 1.807) is 12.1 Å². The standard InChI is InChI=1S/C10H9N3/c1-7-4-9(13)5-8(2-3-11)10(7)6-12/h4-5H,2,13H2,1H3. The van der Waals surface area contributed by atoms with E-state index in [0.29, 0.717) is 16.8 Å². The van der Waals surface area contributed by atoms with Crippen LogP contribution in [0.15, 0.2) is 12.1 Å². The summed E-state index contributed by atoms with van der Waals surface area (Å²) >= 11 is 0. The molecule has 0 bridgehead atoms. The fourth-order valence-corrected chi connectivity index (χ4v) is 1.28. The lowest BCUT2D eigenvalue weighted by Crippen LogP contribution is -1.96. The van der Waals surface area contributed by atoms with Crippen molar-refractivity contribution < 1.29 is 0 Å². The normalized spacial score (nSPS) is 8.85. The molecule has 0 heterocycles. The summed E-state index contributed by atoms with van der Waals surface area (Å²) in [6.45, 7) is 1.82. The number of nitrogen functional groups attached to an aromatic ring is 1. The van der Waals surface area contributed by atoms with Gasteiger partial charge in [-0.15, -0.1) is 0 Å². The molecular weight excluding hydrogens is 162 g/mol. The van der Waals surface area contributed by atoms with Gasteiger partial charge >= 0.3 is 0 Å². The lowest BCUT2D eigenvalue weighted by atomic mass is 10.00. The molecular formula is C10H9N3. The van der Waals surface area contributed by atoms with Crippen molar-refractivity contribution in [3.05, 3.63) is 28.8 Å². The van der Waals surface area contributed by atoms with Crippen LogP contribution < -0.4 is 5.73 Å². The monoisotopic (exact) mass is 171 g/mol. The predicted molar refractivity (Wildman–Crippen MR) is 49.6 cm³/mol. The number of hydrogen-bond acceptors (Lipinski definition) is 3. The third kappa shape index (κ3) is 1.77. The highest BCUT2D eigenvalue weighted by molar-refractivity contribution is 5.54. The molecule has 1 aromatic rings. The van der Waals surface area contributed by atoms with E-state index in [4.69, 9.17) is 16.3 Å². The van der Waals surface area contributed by atoms with Crippen LogP contribution in [0.3, 0.4) is 0 Å². The molecule has 0 saturated heterocycles. The molecule has 0 radical (unpaired) electrons. The van der Waals surface area contributed by atoms with Crippen LogP contribution in [0.2, 0.25) is 0 Å². The van der Waals surface area contributed by atoms with E-state index in [0.717, 1.165) is 5.56 Å². The summed E-state index contributed by atoms with van der Waals surface area (Å²) in [5.74, 6) is 0. The number of hydrogen-bond donors (Lipinski definition) is 1. The van der Waals surface area contributed by atoms with Crippen molar-refractivity contribution >= 4 is 5.69 Å². The Kier molecular flexibility index (Phi) is 2.52. The highest BCUT2D eigenvalue weighted by Crippen LogP contribution is 2.18. The van der Waals surface area contributed by atoms with Gasteiger partial charge in [-0.1, -0.05) is 0 Å². The van der Waals surface area contributed by atoms with Crippen LogP contribution in [0.25, 0.3) is 0 Å². The van der Waals surface area contributed by atoms with Gasteiger partial charge in [-0.05, 0) is 30.2 Å². The Bertz CT molecular complexity index is 407. The summed E-state index contributed by atoms with van der Waals surface area (Å²) in [5, 5.41) is 17.3. The van der Waals surface area contributed by atoms with Gasteiger partial charge in [0.15, 0.2) is 0 Å². The van der Waals surface area contributed by atoms with Crippen LogP contribution in [0.5, 0.6) is 0 Å². The molecule has 0 atom stereocenters. The number of nitriles is 2. The smallest absolute Gasteiger partial charge is 0.0997 e. The first-order valence-corrected chi connectivity index (χ1v) is 3.85. The predicted octanol–water partition coefficient (Wildman–Crippen LogP) is 1.51. The Morgan fingerprint density at radius 3 is 2.62 bits per heavy atom. The largest absolute Gasteiger partial charge is 0.399 e. The zero-order chi connectivity index (χ0) is 9.84. The van der Waals surface area contributed by atoms with Crippen molar-refractivity contribution in [3.8, 4) is 12.1 Å². The molecule has 64 valence electrons. The summed E-state index contributed by atoms with van der Waals surface area (Å²) in [5.41, 5.74) is 8.30. The molecule has 3 heteroatoms. The fourth-order valence-electron chi connectivity index (χ4n) is 1.28. The Balaban J connectivity index is 3.33. The lowest BCUT2D eigenvalue weighted by molar-refractivity contribution is 1.22. The van der Waals surface area contributed by atoms with Gasteiger partial charge < -0.3 is 5.73 Å². The molecule has 0 spiro atoms. The van der Waals surface area contributed by atoms with Crippen molar-refractivity contribution in [2.24, 2.45) is 0 Å². The maximum Gasteiger partial charge on any atom is 0.0997 e. The van der Waals surface area contributed by atoms with Crippen LogP contribution >= 0.6 is 0 Å². The van der Waals surface area contributed by atoms with E-state index in [1.165, 1.54) is 0 Å². The quantitative estimate of drug-likeness (QED) is 0.651. The van der Waals surface area contributed by atoms with Crippen molar-refractivity contribution in [3.63, 3.8) is 0 Å². The van der Waals surface area contributed by atoms with Crippen LogP contribution in [-0.2, 0) is 6.42 Å². The van der Waals surface area contributed by atoms with Crippen molar-refractivity contribution in [1.82, 2.24) is 0 Å². The summed E-state index contributed by atoms with van der Waals surface area (Å²) in [4.78, 5) is 0. The van der Waals surface area contributed by atoms with Gasteiger partial charge in [0.2, 0.25) is 0 Å². The summed E-state index contributed by atoms with van der Waals surface area (Å²) < 4.78 is 0. The Hall–Kier alpha value is -2.00. The third-order valence-electron chi connectivity index (χ3n) is 1.82. The van der Waals surface area contributed by atoms with E-state index in [-0.39, 0.29) is 6.42 Å². The van der Waals surface area contributed by atoms with Gasteiger partial charge in [-0.3, -0.25) is 0 Å². The molecule has 0 aliphatic heterocycles. The molecule has 0 unspecified atom stereocenters. The molecule has 0 saturated carbocycles. The lowest BCUT2D eigenvalue weighted by Gasteiger charge is -2.04. The zero-order valence-electron chi connectivity index (χ0n) is 7.33. The molecule has 13 heavy (non-hydrogen) atoms. The minimum absolute atomic E-state index is 0.231. The summed E-state index contributed by atoms with van der Waals surface area (Å²) in [6.07, 6.45) is 0.231. The number of rotatable bonds is 1. The van der Waals surface area contributed by atoms with Gasteiger partial charge in [0.25, 0.3) is 0 Å². The first-order chi connectivity index (χ1) is 6.19. The highest BCUT2D eigenvalue weighted by Gasteiger charge is 2.05. The van der Waals surface area contributed by atoms with Crippen molar-refractivity contribution in [2.45, 2.75) is 13.3 Å². The molecule has 0 fully saturated rings. The number of anilines is 1. The molecule has 0 aromatic heterocycles. The second kappa shape index (κ2) is 3.60. The molecule has 3 nitrogen and oxygen atoms in total. The molecule has 2 N–H and O–H groups in total. The van der Waals surface area contributed by atoms with E-state index in [9.17, 15) is 0 Å². The number of nitrogens with zero attached hydrogens (tertiary/aromatic N) is 2. The average molecular weight is 171 g/mol. The molecule has 0 aliphatic carbocycles. The maximum atomic E-state index is 8.82. The molecule has 1 rings (SSSR count). The van der Waals surface area contributed by atoms with Crippen LogP contribution in [0.1, 0.15) is 16.7 Å². The second-order valence-electron chi connectivity index (χ2n) is 2.82. The highest BCUT2D eigenvalue weighted by atomic mass is 14.5. The van der Waals surface area contributed by atoms with E-state index in [2.05, 4.69) is 6.07 Å². The third-order valence-corrected chi connectivity index (χ3v) is 1.82. The minimum atomic E-state index is 0.231. The minimum Gasteiger partial charge on any atom is -0.399 e. The Morgan fingerprint density at radius 2 is 2.08 bits per heavy atom. The van der Waals surface area contributed by atoms with E-state index in [1.807, 2.05) is 13.0 Å². The number of nitrogens with two attached hydrogens (primary N) is 1. The van der Waals surface area contributed by atoms with E-state index < -0.39 is 0 Å². The molecule has 0 aliphatic rings. The first-order valence-electron chi connectivity index (χ1n) is 3.85.